The molecule has 5 N–H and O–H groups in total. The third-order valence-corrected chi connectivity index (χ3v) is 2.21. The second-order valence-corrected chi connectivity index (χ2v) is 3.16. The van der Waals surface area contributed by atoms with Crippen LogP contribution in [0.4, 0.5) is 0 Å². The van der Waals surface area contributed by atoms with Gasteiger partial charge in [0, 0.05) is 0 Å². The molecular weight excluding hydrogens is 194 g/mol. The minimum atomic E-state index is -1.52. The lowest BCUT2D eigenvalue weighted by atomic mass is 9.97. The first-order chi connectivity index (χ1) is 6.49. The summed E-state index contributed by atoms with van der Waals surface area (Å²) < 4.78 is 5.06. The number of aliphatic hydroxyl groups is 4. The minimum absolute atomic E-state index is 0.312. The van der Waals surface area contributed by atoms with Crippen molar-refractivity contribution < 1.29 is 35.1 Å². The van der Waals surface area contributed by atoms with Crippen LogP contribution in [0.15, 0.2) is 0 Å². The highest BCUT2D eigenvalue weighted by molar-refractivity contribution is 5.14. The fraction of sp³-hybridized carbons (Fsp3) is 0.857. The lowest BCUT2D eigenvalue weighted by molar-refractivity contribution is -0.810. The molecule has 0 aromatic carbocycles. The molecule has 1 heterocycles. The quantitative estimate of drug-likeness (QED) is 0.142. The molecule has 1 rings (SSSR count). The number of ether oxygens (including phenoxy) is 1. The van der Waals surface area contributed by atoms with Crippen LogP contribution in [0, 0.1) is 0 Å². The number of hydrogen-bond donors (Lipinski definition) is 5. The molecule has 1 saturated heterocycles. The molecule has 1 fully saturated rings. The predicted molar refractivity (Wildman–Crippen MR) is 42.9 cm³/mol. The Kier molecular flexibility index (Phi) is 3.40. The molecule has 0 aromatic rings. The topological polar surface area (TPSA) is 113 Å². The maximum absolute atomic E-state index is 9.44. The molecule has 7 heteroatoms. The van der Waals surface area contributed by atoms with Crippen LogP contribution in [0.5, 0.6) is 0 Å². The van der Waals surface area contributed by atoms with Crippen LogP contribution in [-0.2, 0) is 4.74 Å². The standard InChI is InChI=1S/C7H14NO6/c1-8(13)4-6(11)5(10)3(2-9)14-7(4)12/h3-7,9-13H,1-2H2/q+1/t3-,4-,5-,6-,7?/m1/s1. The SMILES string of the molecule is C=[N+](O)[C@H]1C(O)O[C@H](CO)[C@@H](O)[C@@H]1O. The monoisotopic (exact) mass is 208 g/mol. The van der Waals surface area contributed by atoms with E-state index in [1.54, 1.807) is 0 Å². The largest absolute Gasteiger partial charge is 0.394 e. The van der Waals surface area contributed by atoms with Gasteiger partial charge in [0.25, 0.3) is 6.04 Å². The summed E-state index contributed by atoms with van der Waals surface area (Å²) >= 11 is 0. The average Bonchev–Trinajstić information content (AvgIpc) is 2.10. The van der Waals surface area contributed by atoms with Crippen molar-refractivity contribution in [2.75, 3.05) is 6.61 Å². The van der Waals surface area contributed by atoms with E-state index in [-0.39, 0.29) is 0 Å². The van der Waals surface area contributed by atoms with Gasteiger partial charge in [0.2, 0.25) is 6.29 Å². The molecule has 1 aliphatic rings. The Morgan fingerprint density at radius 1 is 1.21 bits per heavy atom. The van der Waals surface area contributed by atoms with E-state index in [1.165, 1.54) is 0 Å². The summed E-state index contributed by atoms with van der Waals surface area (Å²) in [6.07, 6.45) is -5.42. The molecule has 0 bridgehead atoms. The van der Waals surface area contributed by atoms with Gasteiger partial charge in [0.1, 0.15) is 12.2 Å². The van der Waals surface area contributed by atoms with Crippen molar-refractivity contribution in [2.24, 2.45) is 0 Å². The molecular formula is C7H14NO6+. The zero-order chi connectivity index (χ0) is 10.9. The van der Waals surface area contributed by atoms with Crippen LogP contribution in [0.3, 0.4) is 0 Å². The van der Waals surface area contributed by atoms with Gasteiger partial charge in [-0.1, -0.05) is 0 Å². The zero-order valence-corrected chi connectivity index (χ0v) is 7.39. The van der Waals surface area contributed by atoms with Gasteiger partial charge in [-0.15, -0.1) is 0 Å². The van der Waals surface area contributed by atoms with Crippen LogP contribution in [0.25, 0.3) is 0 Å². The van der Waals surface area contributed by atoms with Gasteiger partial charge in [-0.2, -0.15) is 0 Å². The average molecular weight is 208 g/mol. The molecule has 0 aliphatic carbocycles. The number of aliphatic hydroxyl groups excluding tert-OH is 4. The molecule has 14 heavy (non-hydrogen) atoms. The number of nitrogens with zero attached hydrogens (tertiary/aromatic N) is 1. The molecule has 82 valence electrons. The highest BCUT2D eigenvalue weighted by atomic mass is 16.6. The van der Waals surface area contributed by atoms with Gasteiger partial charge in [-0.3, -0.25) is 5.21 Å². The van der Waals surface area contributed by atoms with E-state index in [0.29, 0.717) is 4.74 Å². The molecule has 0 amide bonds. The first-order valence-corrected chi connectivity index (χ1v) is 4.08. The smallest absolute Gasteiger partial charge is 0.279 e. The molecule has 7 nitrogen and oxygen atoms in total. The normalized spacial score (nSPS) is 43.6. The van der Waals surface area contributed by atoms with Crippen LogP contribution < -0.4 is 0 Å². The summed E-state index contributed by atoms with van der Waals surface area (Å²) in [7, 11) is 0. The van der Waals surface area contributed by atoms with Gasteiger partial charge in [0.05, 0.1) is 6.61 Å². The number of hydroxylamine groups is 1. The Morgan fingerprint density at radius 3 is 2.21 bits per heavy atom. The van der Waals surface area contributed by atoms with Crippen molar-refractivity contribution in [3.63, 3.8) is 0 Å². The van der Waals surface area contributed by atoms with Gasteiger partial charge in [0.15, 0.2) is 12.8 Å². The van der Waals surface area contributed by atoms with E-state index in [1.807, 2.05) is 0 Å². The fourth-order valence-corrected chi connectivity index (χ4v) is 1.41. The van der Waals surface area contributed by atoms with Crippen molar-refractivity contribution in [1.29, 1.82) is 0 Å². The van der Waals surface area contributed by atoms with Crippen LogP contribution in [0.2, 0.25) is 0 Å². The van der Waals surface area contributed by atoms with Crippen LogP contribution in [-0.4, -0.2) is 74.3 Å². The molecule has 1 aliphatic heterocycles. The Bertz CT molecular complexity index is 222. The fourth-order valence-electron chi connectivity index (χ4n) is 1.41. The maximum atomic E-state index is 9.44. The van der Waals surface area contributed by atoms with E-state index < -0.39 is 37.3 Å². The highest BCUT2D eigenvalue weighted by Crippen LogP contribution is 2.20. The lowest BCUT2D eigenvalue weighted by Crippen LogP contribution is -2.61. The summed E-state index contributed by atoms with van der Waals surface area (Å²) in [5.74, 6) is 0. The van der Waals surface area contributed by atoms with Crippen molar-refractivity contribution >= 4 is 6.72 Å². The van der Waals surface area contributed by atoms with Gasteiger partial charge in [-0.05, 0) is 4.74 Å². The second-order valence-electron chi connectivity index (χ2n) is 3.16. The molecule has 0 spiro atoms. The van der Waals surface area contributed by atoms with Gasteiger partial charge >= 0.3 is 0 Å². The molecule has 1 unspecified atom stereocenters. The van der Waals surface area contributed by atoms with E-state index in [4.69, 9.17) is 15.1 Å². The van der Waals surface area contributed by atoms with Gasteiger partial charge in [-0.25, -0.2) is 0 Å². The molecule has 0 saturated carbocycles. The van der Waals surface area contributed by atoms with Gasteiger partial charge < -0.3 is 25.2 Å². The van der Waals surface area contributed by atoms with Crippen molar-refractivity contribution in [3.8, 4) is 0 Å². The summed E-state index contributed by atoms with van der Waals surface area (Å²) in [4.78, 5) is 0. The van der Waals surface area contributed by atoms with E-state index in [0.717, 1.165) is 0 Å². The van der Waals surface area contributed by atoms with E-state index in [9.17, 15) is 15.3 Å². The molecule has 0 aromatic heterocycles. The third kappa shape index (κ3) is 1.86. The summed E-state index contributed by atoms with van der Waals surface area (Å²) in [5.41, 5.74) is 0. The van der Waals surface area contributed by atoms with Crippen molar-refractivity contribution in [2.45, 2.75) is 30.6 Å². The molecule has 0 radical (unpaired) electrons. The number of rotatable bonds is 2. The predicted octanol–water partition coefficient (Wildman–Crippen LogP) is -3.11. The molecule has 5 atom stereocenters. The Morgan fingerprint density at radius 2 is 1.79 bits per heavy atom. The first-order valence-electron chi connectivity index (χ1n) is 4.08. The minimum Gasteiger partial charge on any atom is -0.394 e. The van der Waals surface area contributed by atoms with Crippen molar-refractivity contribution in [1.82, 2.24) is 0 Å². The van der Waals surface area contributed by atoms with E-state index >= 15 is 0 Å². The Labute approximate surface area is 80.1 Å². The highest BCUT2D eigenvalue weighted by Gasteiger charge is 2.50. The lowest BCUT2D eigenvalue weighted by Gasteiger charge is -2.35. The second kappa shape index (κ2) is 4.20. The summed E-state index contributed by atoms with van der Waals surface area (Å²) in [5, 5.41) is 45.7. The first kappa shape index (κ1) is 11.3. The Hall–Kier alpha value is -0.730. The zero-order valence-electron chi connectivity index (χ0n) is 7.39. The number of hydrogen-bond acceptors (Lipinski definition) is 6. The van der Waals surface area contributed by atoms with Crippen LogP contribution in [0.1, 0.15) is 0 Å². The Balaban J connectivity index is 2.79. The van der Waals surface area contributed by atoms with Crippen LogP contribution >= 0.6 is 0 Å². The summed E-state index contributed by atoms with van der Waals surface area (Å²) in [6, 6.07) is -1.24. The van der Waals surface area contributed by atoms with Crippen molar-refractivity contribution in [3.05, 3.63) is 0 Å². The maximum Gasteiger partial charge on any atom is 0.279 e. The van der Waals surface area contributed by atoms with E-state index in [2.05, 4.69) is 6.72 Å². The third-order valence-electron chi connectivity index (χ3n) is 2.21. The summed E-state index contributed by atoms with van der Waals surface area (Å²) in [6.45, 7) is 2.53.